The van der Waals surface area contributed by atoms with Crippen LogP contribution in [-0.2, 0) is 25.0 Å². The minimum absolute atomic E-state index is 0.479. The standard InChI is InChI=1S/C13H19N3O2/c1-4-14-13-12(10(2)15-16(13)3)9-17-8-11-6-5-7-18-11/h5-7,14H,4,8-9H2,1-3H3. The Hall–Kier alpha value is -1.75. The fourth-order valence-electron chi connectivity index (χ4n) is 1.91. The molecule has 0 spiro atoms. The van der Waals surface area contributed by atoms with Crippen LogP contribution in [0.1, 0.15) is 23.9 Å². The van der Waals surface area contributed by atoms with Crippen molar-refractivity contribution in [3.63, 3.8) is 0 Å². The molecule has 0 aliphatic carbocycles. The Labute approximate surface area is 107 Å². The van der Waals surface area contributed by atoms with Crippen molar-refractivity contribution in [3.05, 3.63) is 35.4 Å². The molecule has 5 heteroatoms. The van der Waals surface area contributed by atoms with Gasteiger partial charge >= 0.3 is 0 Å². The van der Waals surface area contributed by atoms with Gasteiger partial charge in [-0.05, 0) is 26.0 Å². The average molecular weight is 249 g/mol. The van der Waals surface area contributed by atoms with E-state index >= 15 is 0 Å². The summed E-state index contributed by atoms with van der Waals surface area (Å²) in [6.45, 7) is 5.93. The van der Waals surface area contributed by atoms with E-state index < -0.39 is 0 Å². The zero-order valence-electron chi connectivity index (χ0n) is 11.1. The van der Waals surface area contributed by atoms with Gasteiger partial charge in [0.2, 0.25) is 0 Å². The van der Waals surface area contributed by atoms with Crippen LogP contribution in [0.2, 0.25) is 0 Å². The predicted molar refractivity (Wildman–Crippen MR) is 69.3 cm³/mol. The number of hydrogen-bond donors (Lipinski definition) is 1. The fourth-order valence-corrected chi connectivity index (χ4v) is 1.91. The SMILES string of the molecule is CCNc1c(COCc2ccco2)c(C)nn1C. The van der Waals surface area contributed by atoms with E-state index in [0.717, 1.165) is 29.4 Å². The quantitative estimate of drug-likeness (QED) is 0.854. The van der Waals surface area contributed by atoms with Crippen molar-refractivity contribution in [2.45, 2.75) is 27.1 Å². The van der Waals surface area contributed by atoms with E-state index in [-0.39, 0.29) is 0 Å². The number of rotatable bonds is 6. The molecule has 0 aliphatic heterocycles. The molecule has 0 bridgehead atoms. The highest BCUT2D eigenvalue weighted by molar-refractivity contribution is 5.47. The molecule has 5 nitrogen and oxygen atoms in total. The first-order chi connectivity index (χ1) is 8.72. The van der Waals surface area contributed by atoms with Crippen LogP contribution in [0.15, 0.2) is 22.8 Å². The van der Waals surface area contributed by atoms with Crippen molar-refractivity contribution in [1.82, 2.24) is 9.78 Å². The molecule has 0 saturated heterocycles. The van der Waals surface area contributed by atoms with Crippen LogP contribution in [0, 0.1) is 6.92 Å². The summed E-state index contributed by atoms with van der Waals surface area (Å²) in [7, 11) is 1.93. The zero-order chi connectivity index (χ0) is 13.0. The van der Waals surface area contributed by atoms with E-state index in [0.29, 0.717) is 13.2 Å². The van der Waals surface area contributed by atoms with Crippen LogP contribution in [0.5, 0.6) is 0 Å². The lowest BCUT2D eigenvalue weighted by atomic mass is 10.2. The van der Waals surface area contributed by atoms with Gasteiger partial charge in [-0.1, -0.05) is 0 Å². The topological polar surface area (TPSA) is 52.2 Å². The minimum Gasteiger partial charge on any atom is -0.467 e. The Morgan fingerprint density at radius 2 is 2.28 bits per heavy atom. The monoisotopic (exact) mass is 249 g/mol. The first-order valence-electron chi connectivity index (χ1n) is 6.08. The molecule has 0 atom stereocenters. The molecule has 0 amide bonds. The summed E-state index contributed by atoms with van der Waals surface area (Å²) in [5.74, 6) is 1.86. The number of aryl methyl sites for hydroxylation is 2. The molecule has 2 aromatic heterocycles. The summed E-state index contributed by atoms with van der Waals surface area (Å²) in [4.78, 5) is 0. The predicted octanol–water partition coefficient (Wildman–Crippen LogP) is 2.47. The van der Waals surface area contributed by atoms with Gasteiger partial charge in [0.1, 0.15) is 18.2 Å². The summed E-state index contributed by atoms with van der Waals surface area (Å²) in [5, 5.41) is 7.70. The van der Waals surface area contributed by atoms with Gasteiger partial charge in [-0.2, -0.15) is 5.10 Å². The maximum Gasteiger partial charge on any atom is 0.129 e. The molecule has 18 heavy (non-hydrogen) atoms. The maximum absolute atomic E-state index is 5.66. The Bertz CT molecular complexity index is 489. The number of ether oxygens (including phenoxy) is 1. The Morgan fingerprint density at radius 1 is 1.44 bits per heavy atom. The summed E-state index contributed by atoms with van der Waals surface area (Å²) >= 11 is 0. The summed E-state index contributed by atoms with van der Waals surface area (Å²) in [6.07, 6.45) is 1.65. The van der Waals surface area contributed by atoms with Crippen LogP contribution >= 0.6 is 0 Å². The third kappa shape index (κ3) is 2.73. The lowest BCUT2D eigenvalue weighted by Crippen LogP contribution is -2.06. The molecule has 0 aliphatic rings. The zero-order valence-corrected chi connectivity index (χ0v) is 11.1. The van der Waals surface area contributed by atoms with Crippen LogP contribution in [-0.4, -0.2) is 16.3 Å². The number of hydrogen-bond acceptors (Lipinski definition) is 4. The third-order valence-corrected chi connectivity index (χ3v) is 2.76. The molecule has 0 unspecified atom stereocenters. The van der Waals surface area contributed by atoms with Crippen LogP contribution in [0.25, 0.3) is 0 Å². The number of nitrogens with one attached hydrogen (secondary N) is 1. The Kier molecular flexibility index (Phi) is 4.04. The molecule has 1 N–H and O–H groups in total. The van der Waals surface area contributed by atoms with Crippen LogP contribution in [0.3, 0.4) is 0 Å². The van der Waals surface area contributed by atoms with E-state index in [1.54, 1.807) is 6.26 Å². The first-order valence-corrected chi connectivity index (χ1v) is 6.08. The number of anilines is 1. The second kappa shape index (κ2) is 5.73. The van der Waals surface area contributed by atoms with E-state index in [2.05, 4.69) is 17.3 Å². The molecule has 2 heterocycles. The van der Waals surface area contributed by atoms with Gasteiger partial charge in [0, 0.05) is 19.2 Å². The molecular weight excluding hydrogens is 230 g/mol. The van der Waals surface area contributed by atoms with Gasteiger partial charge in [-0.3, -0.25) is 4.68 Å². The largest absolute Gasteiger partial charge is 0.467 e. The number of aromatic nitrogens is 2. The lowest BCUT2D eigenvalue weighted by Gasteiger charge is -2.08. The molecule has 2 aromatic rings. The number of nitrogens with zero attached hydrogens (tertiary/aromatic N) is 2. The van der Waals surface area contributed by atoms with Gasteiger partial charge in [0.15, 0.2) is 0 Å². The molecule has 0 radical (unpaired) electrons. The van der Waals surface area contributed by atoms with Gasteiger partial charge in [0.25, 0.3) is 0 Å². The van der Waals surface area contributed by atoms with Crippen molar-refractivity contribution in [1.29, 1.82) is 0 Å². The maximum atomic E-state index is 5.66. The third-order valence-electron chi connectivity index (χ3n) is 2.76. The highest BCUT2D eigenvalue weighted by Gasteiger charge is 2.12. The van der Waals surface area contributed by atoms with Crippen molar-refractivity contribution >= 4 is 5.82 Å². The summed E-state index contributed by atoms with van der Waals surface area (Å²) in [5.41, 5.74) is 2.10. The van der Waals surface area contributed by atoms with Crippen LogP contribution < -0.4 is 5.32 Å². The second-order valence-corrected chi connectivity index (χ2v) is 4.14. The summed E-state index contributed by atoms with van der Waals surface area (Å²) < 4.78 is 12.7. The normalized spacial score (nSPS) is 10.8. The highest BCUT2D eigenvalue weighted by Crippen LogP contribution is 2.20. The summed E-state index contributed by atoms with van der Waals surface area (Å²) in [6, 6.07) is 3.76. The van der Waals surface area contributed by atoms with Gasteiger partial charge in [-0.25, -0.2) is 0 Å². The van der Waals surface area contributed by atoms with E-state index in [1.807, 2.05) is 30.8 Å². The Balaban J connectivity index is 1.99. The fraction of sp³-hybridized carbons (Fsp3) is 0.462. The first kappa shape index (κ1) is 12.7. The lowest BCUT2D eigenvalue weighted by molar-refractivity contribution is 0.0929. The molecule has 2 rings (SSSR count). The van der Waals surface area contributed by atoms with Gasteiger partial charge in [0.05, 0.1) is 18.6 Å². The second-order valence-electron chi connectivity index (χ2n) is 4.14. The van der Waals surface area contributed by atoms with E-state index in [1.165, 1.54) is 0 Å². The molecule has 98 valence electrons. The van der Waals surface area contributed by atoms with Crippen molar-refractivity contribution in [2.75, 3.05) is 11.9 Å². The van der Waals surface area contributed by atoms with Crippen molar-refractivity contribution in [2.24, 2.45) is 7.05 Å². The molecule has 0 fully saturated rings. The van der Waals surface area contributed by atoms with Gasteiger partial charge in [-0.15, -0.1) is 0 Å². The molecule has 0 saturated carbocycles. The van der Waals surface area contributed by atoms with Crippen molar-refractivity contribution in [3.8, 4) is 0 Å². The molecular formula is C13H19N3O2. The average Bonchev–Trinajstić information content (AvgIpc) is 2.92. The smallest absolute Gasteiger partial charge is 0.129 e. The highest BCUT2D eigenvalue weighted by atomic mass is 16.5. The minimum atomic E-state index is 0.479. The van der Waals surface area contributed by atoms with E-state index in [4.69, 9.17) is 9.15 Å². The Morgan fingerprint density at radius 3 is 2.94 bits per heavy atom. The van der Waals surface area contributed by atoms with Gasteiger partial charge < -0.3 is 14.5 Å². The van der Waals surface area contributed by atoms with Crippen molar-refractivity contribution < 1.29 is 9.15 Å². The van der Waals surface area contributed by atoms with Crippen LogP contribution in [0.4, 0.5) is 5.82 Å². The molecule has 0 aromatic carbocycles. The van der Waals surface area contributed by atoms with E-state index in [9.17, 15) is 0 Å². The number of furan rings is 1.